The molecule has 83 heavy (non-hydrogen) atoms. The fraction of sp³-hybridized carbons (Fsp3) is 0.859. The summed E-state index contributed by atoms with van der Waals surface area (Å²) in [6, 6.07) is 0. The van der Waals surface area contributed by atoms with Gasteiger partial charge in [0.2, 0.25) is 0 Å². The molecule has 484 valence electrons. The number of hydrogen-bond acceptors (Lipinski definition) is 11. The standard InChI is InChI=1S/C71H128O12/c1-4-7-10-13-16-19-22-25-28-30-32-34-37-39-42-45-48-51-54-57-63(72)79-60-62(81-64(73)58-55-52-49-46-43-40-36-27-24-21-18-15-12-9-6-3)61-80-71-69(67(76)66(75)68(83-71)70(77)78)82-65(74)59-56-53-50-47-44-41-38-35-33-31-29-26-23-20-17-14-11-8-5-2/h25-29,36,62,66-69,71,75-76H,4-24,30-35,37-61H2,1-3H3,(H,77,78)/b28-25-,29-26-,36-27-. The number of esters is 3. The van der Waals surface area contributed by atoms with Crippen LogP contribution >= 0.6 is 0 Å². The molecule has 1 saturated heterocycles. The summed E-state index contributed by atoms with van der Waals surface area (Å²) in [4.78, 5) is 51.4. The number of aliphatic hydroxyl groups excluding tert-OH is 2. The van der Waals surface area contributed by atoms with E-state index in [1.165, 1.54) is 193 Å². The molecule has 0 spiro atoms. The van der Waals surface area contributed by atoms with E-state index < -0.39 is 67.3 Å². The monoisotopic (exact) mass is 1170 g/mol. The summed E-state index contributed by atoms with van der Waals surface area (Å²) in [7, 11) is 0. The minimum Gasteiger partial charge on any atom is -0.479 e. The van der Waals surface area contributed by atoms with Crippen molar-refractivity contribution in [1.82, 2.24) is 0 Å². The third kappa shape index (κ3) is 48.7. The highest BCUT2D eigenvalue weighted by molar-refractivity contribution is 5.74. The van der Waals surface area contributed by atoms with Crippen molar-refractivity contribution in [3.63, 3.8) is 0 Å². The smallest absolute Gasteiger partial charge is 0.335 e. The zero-order valence-corrected chi connectivity index (χ0v) is 53.7. The van der Waals surface area contributed by atoms with Crippen LogP contribution in [0.25, 0.3) is 0 Å². The Morgan fingerprint density at radius 2 is 0.687 bits per heavy atom. The van der Waals surface area contributed by atoms with Crippen molar-refractivity contribution in [3.05, 3.63) is 36.5 Å². The number of hydrogen-bond donors (Lipinski definition) is 3. The second-order valence-electron chi connectivity index (χ2n) is 24.2. The molecule has 12 heteroatoms. The molecule has 0 saturated carbocycles. The van der Waals surface area contributed by atoms with Gasteiger partial charge in [0, 0.05) is 19.3 Å². The third-order valence-electron chi connectivity index (χ3n) is 16.2. The molecule has 6 unspecified atom stereocenters. The molecule has 12 nitrogen and oxygen atoms in total. The van der Waals surface area contributed by atoms with Crippen LogP contribution in [0.4, 0.5) is 0 Å². The normalized spacial score (nSPS) is 17.7. The number of rotatable bonds is 61. The molecular formula is C71H128O12. The third-order valence-corrected chi connectivity index (χ3v) is 16.2. The SMILES string of the molecule is CCCCCCCC/C=C\CCCCCCCCCCCC(=O)OCC(COC1OC(C(=O)O)C(O)C(O)C1OC(=O)CCCCCCCCCCC/C=C\CCCCCCCC)OC(=O)CCCCCCC/C=C\CCCCCCCC. The van der Waals surface area contributed by atoms with Crippen molar-refractivity contribution in [3.8, 4) is 0 Å². The van der Waals surface area contributed by atoms with Gasteiger partial charge < -0.3 is 39.0 Å². The molecule has 1 fully saturated rings. The van der Waals surface area contributed by atoms with Crippen LogP contribution in [0, 0.1) is 0 Å². The molecule has 0 amide bonds. The second kappa shape index (κ2) is 59.3. The maximum Gasteiger partial charge on any atom is 0.335 e. The number of aliphatic hydroxyl groups is 2. The van der Waals surface area contributed by atoms with Crippen LogP contribution in [0.2, 0.25) is 0 Å². The Kier molecular flexibility index (Phi) is 55.7. The fourth-order valence-electron chi connectivity index (χ4n) is 10.8. The molecule has 6 atom stereocenters. The van der Waals surface area contributed by atoms with Gasteiger partial charge in [-0.3, -0.25) is 14.4 Å². The first kappa shape index (κ1) is 78.0. The lowest BCUT2D eigenvalue weighted by atomic mass is 9.98. The number of unbranched alkanes of at least 4 members (excludes halogenated alkanes) is 41. The van der Waals surface area contributed by atoms with Crippen LogP contribution in [0.1, 0.15) is 342 Å². The van der Waals surface area contributed by atoms with E-state index in [1.807, 2.05) is 0 Å². The molecule has 0 radical (unpaired) electrons. The van der Waals surface area contributed by atoms with E-state index in [-0.39, 0.29) is 25.9 Å². The average molecular weight is 1170 g/mol. The van der Waals surface area contributed by atoms with Gasteiger partial charge in [-0.15, -0.1) is 0 Å². The minimum absolute atomic E-state index is 0.0605. The molecule has 0 aromatic rings. The first-order valence-electron chi connectivity index (χ1n) is 35.0. The number of carboxylic acids is 1. The van der Waals surface area contributed by atoms with E-state index >= 15 is 0 Å². The van der Waals surface area contributed by atoms with Gasteiger partial charge in [-0.1, -0.05) is 263 Å². The van der Waals surface area contributed by atoms with Crippen LogP contribution in [0.15, 0.2) is 36.5 Å². The lowest BCUT2D eigenvalue weighted by molar-refractivity contribution is -0.301. The number of ether oxygens (including phenoxy) is 5. The van der Waals surface area contributed by atoms with Gasteiger partial charge >= 0.3 is 23.9 Å². The number of allylic oxidation sites excluding steroid dienone is 6. The molecule has 1 heterocycles. The molecule has 0 aromatic carbocycles. The van der Waals surface area contributed by atoms with Gasteiger partial charge in [-0.25, -0.2) is 4.79 Å². The fourth-order valence-corrected chi connectivity index (χ4v) is 10.8. The molecular weight excluding hydrogens is 1040 g/mol. The Bertz CT molecular complexity index is 1580. The number of carboxylic acid groups (broad SMARTS) is 1. The van der Waals surface area contributed by atoms with Crippen LogP contribution in [-0.2, 0) is 42.9 Å². The van der Waals surface area contributed by atoms with E-state index in [0.29, 0.717) is 19.3 Å². The average Bonchev–Trinajstić information content (AvgIpc) is 3.57. The first-order valence-corrected chi connectivity index (χ1v) is 35.0. The predicted octanol–water partition coefficient (Wildman–Crippen LogP) is 19.1. The molecule has 0 bridgehead atoms. The predicted molar refractivity (Wildman–Crippen MR) is 340 cm³/mol. The van der Waals surface area contributed by atoms with E-state index in [1.54, 1.807) is 0 Å². The molecule has 1 aliphatic rings. The van der Waals surface area contributed by atoms with Crippen molar-refractivity contribution >= 4 is 23.9 Å². The Morgan fingerprint density at radius 3 is 1.02 bits per heavy atom. The van der Waals surface area contributed by atoms with E-state index in [9.17, 15) is 34.5 Å². The number of aliphatic carboxylic acids is 1. The zero-order valence-electron chi connectivity index (χ0n) is 53.7. The Balaban J connectivity index is 2.62. The Morgan fingerprint density at radius 1 is 0.386 bits per heavy atom. The number of carbonyl (C=O) groups is 4. The summed E-state index contributed by atoms with van der Waals surface area (Å²) < 4.78 is 28.6. The minimum atomic E-state index is -1.90. The summed E-state index contributed by atoms with van der Waals surface area (Å²) >= 11 is 0. The maximum atomic E-state index is 13.2. The highest BCUT2D eigenvalue weighted by Crippen LogP contribution is 2.27. The van der Waals surface area contributed by atoms with Crippen molar-refractivity contribution in [2.45, 2.75) is 379 Å². The molecule has 3 N–H and O–H groups in total. The van der Waals surface area contributed by atoms with Crippen LogP contribution in [-0.4, -0.2) is 89.2 Å². The van der Waals surface area contributed by atoms with Gasteiger partial charge in [-0.2, -0.15) is 0 Å². The van der Waals surface area contributed by atoms with Crippen LogP contribution in [0.5, 0.6) is 0 Å². The number of carbonyl (C=O) groups excluding carboxylic acids is 3. The highest BCUT2D eigenvalue weighted by atomic mass is 16.7. The molecule has 1 rings (SSSR count). The summed E-state index contributed by atoms with van der Waals surface area (Å²) in [6.07, 6.45) is 59.5. The first-order chi connectivity index (χ1) is 40.6. The van der Waals surface area contributed by atoms with Gasteiger partial charge in [0.15, 0.2) is 24.6 Å². The van der Waals surface area contributed by atoms with Crippen molar-refractivity contribution in [1.29, 1.82) is 0 Å². The maximum absolute atomic E-state index is 13.2. The van der Waals surface area contributed by atoms with Crippen molar-refractivity contribution < 1.29 is 58.2 Å². The quantitative estimate of drug-likeness (QED) is 0.0228. The lowest BCUT2D eigenvalue weighted by Crippen LogP contribution is -2.61. The van der Waals surface area contributed by atoms with Crippen LogP contribution < -0.4 is 0 Å². The summed E-state index contributed by atoms with van der Waals surface area (Å²) in [6.45, 7) is 6.03. The summed E-state index contributed by atoms with van der Waals surface area (Å²) in [5.41, 5.74) is 0. The lowest BCUT2D eigenvalue weighted by Gasteiger charge is -2.40. The van der Waals surface area contributed by atoms with Gasteiger partial charge in [0.05, 0.1) is 6.61 Å². The van der Waals surface area contributed by atoms with E-state index in [2.05, 4.69) is 57.2 Å². The van der Waals surface area contributed by atoms with Gasteiger partial charge in [0.25, 0.3) is 0 Å². The molecule has 0 aromatic heterocycles. The summed E-state index contributed by atoms with van der Waals surface area (Å²) in [5, 5.41) is 31.7. The van der Waals surface area contributed by atoms with E-state index in [0.717, 1.165) is 89.9 Å². The van der Waals surface area contributed by atoms with Crippen LogP contribution in [0.3, 0.4) is 0 Å². The van der Waals surface area contributed by atoms with Gasteiger partial charge in [0.1, 0.15) is 18.8 Å². The van der Waals surface area contributed by atoms with Gasteiger partial charge in [-0.05, 0) is 96.3 Å². The highest BCUT2D eigenvalue weighted by Gasteiger charge is 2.50. The summed E-state index contributed by atoms with van der Waals surface area (Å²) in [5.74, 6) is -3.10. The second-order valence-corrected chi connectivity index (χ2v) is 24.2. The van der Waals surface area contributed by atoms with Crippen molar-refractivity contribution in [2.24, 2.45) is 0 Å². The Labute approximate surface area is 508 Å². The van der Waals surface area contributed by atoms with E-state index in [4.69, 9.17) is 23.7 Å². The largest absolute Gasteiger partial charge is 0.479 e. The molecule has 1 aliphatic heterocycles. The zero-order chi connectivity index (χ0) is 60.3. The topological polar surface area (TPSA) is 175 Å². The Hall–Kier alpha value is -3.06. The molecule has 0 aliphatic carbocycles. The van der Waals surface area contributed by atoms with Crippen molar-refractivity contribution in [2.75, 3.05) is 13.2 Å².